The highest BCUT2D eigenvalue weighted by atomic mass is 16.5. The molecule has 2 heterocycles. The number of ether oxygens (including phenoxy) is 1. The number of aromatic amines is 1. The second-order valence-corrected chi connectivity index (χ2v) is 4.02. The Morgan fingerprint density at radius 2 is 1.94 bits per heavy atom. The zero-order valence-electron chi connectivity index (χ0n) is 9.19. The molecule has 5 atom stereocenters. The molecular weight excluding hydrogens is 230 g/mol. The molecule has 1 aliphatic rings. The summed E-state index contributed by atoms with van der Waals surface area (Å²) in [6, 6.07) is 0. The predicted octanol–water partition coefficient (Wildman–Crippen LogP) is -2.37. The molecular formula is C9H15N3O5. The zero-order chi connectivity index (χ0) is 12.6. The van der Waals surface area contributed by atoms with Crippen LogP contribution in [0.25, 0.3) is 0 Å². The maximum Gasteiger partial charge on any atom is 0.156 e. The number of nitrogens with one attached hydrogen (secondary N) is 1. The van der Waals surface area contributed by atoms with Gasteiger partial charge in [0.05, 0.1) is 6.61 Å². The molecule has 1 saturated heterocycles. The van der Waals surface area contributed by atoms with Crippen molar-refractivity contribution in [1.82, 2.24) is 15.2 Å². The molecule has 0 radical (unpaired) electrons. The first-order chi connectivity index (χ1) is 8.04. The maximum atomic E-state index is 9.78. The third-order valence-corrected chi connectivity index (χ3v) is 2.78. The molecule has 0 aromatic carbocycles. The van der Waals surface area contributed by atoms with E-state index in [0.717, 1.165) is 0 Å². The van der Waals surface area contributed by atoms with Crippen molar-refractivity contribution >= 4 is 0 Å². The van der Waals surface area contributed by atoms with Crippen LogP contribution in [-0.2, 0) is 4.74 Å². The van der Waals surface area contributed by atoms with Gasteiger partial charge in [0, 0.05) is 0 Å². The lowest BCUT2D eigenvalue weighted by Crippen LogP contribution is -2.55. The summed E-state index contributed by atoms with van der Waals surface area (Å²) in [6.45, 7) is 1.19. The summed E-state index contributed by atoms with van der Waals surface area (Å²) in [5, 5.41) is 44.3. The molecule has 0 amide bonds. The number of aromatic nitrogens is 3. The van der Waals surface area contributed by atoms with E-state index in [-0.39, 0.29) is 5.82 Å². The lowest BCUT2D eigenvalue weighted by atomic mass is 9.95. The number of H-pyrrole nitrogens is 1. The van der Waals surface area contributed by atoms with Gasteiger partial charge in [-0.15, -0.1) is 0 Å². The maximum absolute atomic E-state index is 9.78. The summed E-state index contributed by atoms with van der Waals surface area (Å²) >= 11 is 0. The van der Waals surface area contributed by atoms with Gasteiger partial charge >= 0.3 is 0 Å². The van der Waals surface area contributed by atoms with Crippen molar-refractivity contribution in [1.29, 1.82) is 0 Å². The fourth-order valence-electron chi connectivity index (χ4n) is 1.82. The first kappa shape index (κ1) is 12.4. The molecule has 96 valence electrons. The summed E-state index contributed by atoms with van der Waals surface area (Å²) in [5.74, 6) is 0.719. The molecule has 17 heavy (non-hydrogen) atoms. The summed E-state index contributed by atoms with van der Waals surface area (Å²) < 4.78 is 5.29. The van der Waals surface area contributed by atoms with Gasteiger partial charge in [0.1, 0.15) is 36.3 Å². The van der Waals surface area contributed by atoms with Gasteiger partial charge in [-0.25, -0.2) is 4.98 Å². The van der Waals surface area contributed by atoms with E-state index in [4.69, 9.17) is 9.84 Å². The van der Waals surface area contributed by atoms with Crippen LogP contribution in [0.15, 0.2) is 0 Å². The van der Waals surface area contributed by atoms with Crippen molar-refractivity contribution in [3.05, 3.63) is 11.6 Å². The van der Waals surface area contributed by atoms with Gasteiger partial charge in [-0.3, -0.25) is 5.10 Å². The van der Waals surface area contributed by atoms with Crippen LogP contribution in [0.3, 0.4) is 0 Å². The van der Waals surface area contributed by atoms with Crippen molar-refractivity contribution in [3.8, 4) is 0 Å². The molecule has 1 fully saturated rings. The van der Waals surface area contributed by atoms with Crippen LogP contribution in [0, 0.1) is 6.92 Å². The van der Waals surface area contributed by atoms with Gasteiger partial charge in [0.2, 0.25) is 0 Å². The first-order valence-electron chi connectivity index (χ1n) is 5.24. The van der Waals surface area contributed by atoms with E-state index in [0.29, 0.717) is 5.82 Å². The topological polar surface area (TPSA) is 132 Å². The molecule has 8 heteroatoms. The molecule has 1 aromatic rings. The standard InChI is InChI=1S/C9H15N3O5/c1-3-10-9(12-11-3)8-7(16)6(15)5(14)4(2-13)17-8/h4-8,13-16H,2H2,1H3,(H,10,11,12)/t4-,5-,6+,7-,8-/m1/s1. The van der Waals surface area contributed by atoms with Crippen LogP contribution < -0.4 is 0 Å². The molecule has 0 spiro atoms. The number of hydrogen-bond donors (Lipinski definition) is 5. The fraction of sp³-hybridized carbons (Fsp3) is 0.778. The van der Waals surface area contributed by atoms with Crippen molar-refractivity contribution in [3.63, 3.8) is 0 Å². The third kappa shape index (κ3) is 2.17. The Labute approximate surface area is 96.9 Å². The smallest absolute Gasteiger partial charge is 0.156 e. The van der Waals surface area contributed by atoms with Crippen LogP contribution in [0.4, 0.5) is 0 Å². The molecule has 1 aromatic heterocycles. The van der Waals surface area contributed by atoms with Crippen LogP contribution in [0.1, 0.15) is 17.8 Å². The summed E-state index contributed by atoms with van der Waals surface area (Å²) in [7, 11) is 0. The van der Waals surface area contributed by atoms with Crippen molar-refractivity contribution < 1.29 is 25.2 Å². The van der Waals surface area contributed by atoms with Crippen LogP contribution >= 0.6 is 0 Å². The predicted molar refractivity (Wildman–Crippen MR) is 53.8 cm³/mol. The van der Waals surface area contributed by atoms with E-state index in [1.165, 1.54) is 0 Å². The molecule has 0 bridgehead atoms. The van der Waals surface area contributed by atoms with E-state index < -0.39 is 37.1 Å². The minimum atomic E-state index is -1.41. The van der Waals surface area contributed by atoms with E-state index >= 15 is 0 Å². The van der Waals surface area contributed by atoms with Gasteiger partial charge < -0.3 is 25.2 Å². The number of hydrogen-bond acceptors (Lipinski definition) is 7. The SMILES string of the molecule is Cc1n[nH]c([C@@H]2O[C@H](CO)[C@@H](O)[C@H](O)[C@H]2O)n1. The largest absolute Gasteiger partial charge is 0.394 e. The van der Waals surface area contributed by atoms with Crippen molar-refractivity contribution in [2.75, 3.05) is 6.61 Å². The van der Waals surface area contributed by atoms with Gasteiger partial charge in [-0.1, -0.05) is 0 Å². The summed E-state index contributed by atoms with van der Waals surface area (Å²) in [5.41, 5.74) is 0. The van der Waals surface area contributed by atoms with Gasteiger partial charge in [-0.05, 0) is 6.92 Å². The number of aryl methyl sites for hydroxylation is 1. The highest BCUT2D eigenvalue weighted by molar-refractivity contribution is 5.02. The Morgan fingerprint density at radius 3 is 2.47 bits per heavy atom. The van der Waals surface area contributed by atoms with E-state index in [1.807, 2.05) is 0 Å². The summed E-state index contributed by atoms with van der Waals surface area (Å²) in [6.07, 6.45) is -6.00. The quantitative estimate of drug-likeness (QED) is 0.393. The number of aliphatic hydroxyl groups excluding tert-OH is 4. The highest BCUT2D eigenvalue weighted by Gasteiger charge is 2.45. The lowest BCUT2D eigenvalue weighted by molar-refractivity contribution is -0.233. The van der Waals surface area contributed by atoms with Crippen molar-refractivity contribution in [2.45, 2.75) is 37.4 Å². The average molecular weight is 245 g/mol. The van der Waals surface area contributed by atoms with Gasteiger partial charge in [0.15, 0.2) is 5.82 Å². The summed E-state index contributed by atoms with van der Waals surface area (Å²) in [4.78, 5) is 3.99. The number of nitrogens with zero attached hydrogens (tertiary/aromatic N) is 2. The van der Waals surface area contributed by atoms with Crippen molar-refractivity contribution in [2.24, 2.45) is 0 Å². The Kier molecular flexibility index (Phi) is 3.40. The molecule has 8 nitrogen and oxygen atoms in total. The fourth-order valence-corrected chi connectivity index (χ4v) is 1.82. The third-order valence-electron chi connectivity index (χ3n) is 2.78. The zero-order valence-corrected chi connectivity index (χ0v) is 9.19. The molecule has 0 saturated carbocycles. The monoisotopic (exact) mass is 245 g/mol. The number of rotatable bonds is 2. The Hall–Kier alpha value is -1.06. The second-order valence-electron chi connectivity index (χ2n) is 4.02. The Morgan fingerprint density at radius 1 is 1.24 bits per heavy atom. The molecule has 5 N–H and O–H groups in total. The molecule has 1 aliphatic heterocycles. The second kappa shape index (κ2) is 4.67. The highest BCUT2D eigenvalue weighted by Crippen LogP contribution is 2.30. The molecule has 0 unspecified atom stereocenters. The van der Waals surface area contributed by atoms with Crippen LogP contribution in [0.2, 0.25) is 0 Å². The first-order valence-corrected chi connectivity index (χ1v) is 5.24. The molecule has 2 rings (SSSR count). The van der Waals surface area contributed by atoms with Gasteiger partial charge in [0.25, 0.3) is 0 Å². The Balaban J connectivity index is 2.22. The molecule has 0 aliphatic carbocycles. The minimum Gasteiger partial charge on any atom is -0.394 e. The van der Waals surface area contributed by atoms with Gasteiger partial charge in [-0.2, -0.15) is 5.10 Å². The normalized spacial score (nSPS) is 38.3. The Bertz CT molecular complexity index is 382. The van der Waals surface area contributed by atoms with Crippen LogP contribution in [0.5, 0.6) is 0 Å². The number of aliphatic hydroxyl groups is 4. The van der Waals surface area contributed by atoms with E-state index in [9.17, 15) is 15.3 Å². The van der Waals surface area contributed by atoms with E-state index in [2.05, 4.69) is 15.2 Å². The lowest BCUT2D eigenvalue weighted by Gasteiger charge is -2.38. The average Bonchev–Trinajstić information content (AvgIpc) is 2.73. The van der Waals surface area contributed by atoms with E-state index in [1.54, 1.807) is 6.92 Å². The van der Waals surface area contributed by atoms with Crippen LogP contribution in [-0.4, -0.2) is 66.6 Å². The minimum absolute atomic E-state index is 0.249.